The van der Waals surface area contributed by atoms with Crippen molar-refractivity contribution in [3.8, 4) is 11.5 Å². The van der Waals surface area contributed by atoms with Crippen molar-refractivity contribution >= 4 is 11.6 Å². The minimum absolute atomic E-state index is 0.183. The van der Waals surface area contributed by atoms with Gasteiger partial charge in [-0.05, 0) is 30.7 Å². The fraction of sp³-hybridized carbons (Fsp3) is 0.0769. The quantitative estimate of drug-likeness (QED) is 0.754. The zero-order valence-electron chi connectivity index (χ0n) is 10.1. The second kappa shape index (κ2) is 4.16. The van der Waals surface area contributed by atoms with Gasteiger partial charge in [-0.15, -0.1) is 10.2 Å². The molecule has 0 aromatic carbocycles. The second-order valence-corrected chi connectivity index (χ2v) is 4.14. The maximum absolute atomic E-state index is 11.0. The van der Waals surface area contributed by atoms with E-state index in [1.54, 1.807) is 16.7 Å². The summed E-state index contributed by atoms with van der Waals surface area (Å²) in [6.45, 7) is 1.92. The van der Waals surface area contributed by atoms with Gasteiger partial charge in [0, 0.05) is 12.4 Å². The first kappa shape index (κ1) is 11.3. The Morgan fingerprint density at radius 3 is 2.84 bits per heavy atom. The number of pyridine rings is 2. The summed E-state index contributed by atoms with van der Waals surface area (Å²) in [6, 6.07) is 6.88. The van der Waals surface area contributed by atoms with Crippen molar-refractivity contribution < 1.29 is 9.90 Å². The Morgan fingerprint density at radius 2 is 2.11 bits per heavy atom. The molecule has 0 bridgehead atoms. The Morgan fingerprint density at radius 1 is 1.26 bits per heavy atom. The topological polar surface area (TPSA) is 80.4 Å². The molecule has 6 nitrogen and oxygen atoms in total. The van der Waals surface area contributed by atoms with Crippen LogP contribution in [0, 0.1) is 6.92 Å². The van der Waals surface area contributed by atoms with Crippen LogP contribution in [0.15, 0.2) is 36.7 Å². The third-order valence-electron chi connectivity index (χ3n) is 2.87. The molecule has 3 aromatic heterocycles. The van der Waals surface area contributed by atoms with Gasteiger partial charge in [-0.2, -0.15) is 0 Å². The van der Waals surface area contributed by atoms with Gasteiger partial charge < -0.3 is 5.11 Å². The molecular weight excluding hydrogens is 244 g/mol. The van der Waals surface area contributed by atoms with E-state index >= 15 is 0 Å². The molecule has 0 aliphatic rings. The van der Waals surface area contributed by atoms with Gasteiger partial charge in [0.05, 0.1) is 5.56 Å². The van der Waals surface area contributed by atoms with E-state index in [4.69, 9.17) is 5.11 Å². The molecule has 0 atom stereocenters. The number of aromatic nitrogens is 4. The number of carboxylic acid groups (broad SMARTS) is 1. The molecule has 0 unspecified atom stereocenters. The third-order valence-corrected chi connectivity index (χ3v) is 2.87. The summed E-state index contributed by atoms with van der Waals surface area (Å²) < 4.78 is 1.64. The average Bonchev–Trinajstić information content (AvgIpc) is 2.82. The van der Waals surface area contributed by atoms with Gasteiger partial charge in [0.2, 0.25) is 0 Å². The lowest BCUT2D eigenvalue weighted by molar-refractivity contribution is 0.0696. The van der Waals surface area contributed by atoms with Gasteiger partial charge >= 0.3 is 5.97 Å². The van der Waals surface area contributed by atoms with Crippen molar-refractivity contribution in [1.82, 2.24) is 19.6 Å². The fourth-order valence-corrected chi connectivity index (χ4v) is 1.90. The second-order valence-electron chi connectivity index (χ2n) is 4.14. The summed E-state index contributed by atoms with van der Waals surface area (Å²) in [5.41, 5.74) is 2.42. The monoisotopic (exact) mass is 254 g/mol. The largest absolute Gasteiger partial charge is 0.478 e. The summed E-state index contributed by atoms with van der Waals surface area (Å²) in [4.78, 5) is 15.3. The van der Waals surface area contributed by atoms with Crippen LogP contribution in [-0.4, -0.2) is 30.7 Å². The molecule has 0 spiro atoms. The van der Waals surface area contributed by atoms with Gasteiger partial charge in [0.25, 0.3) is 0 Å². The van der Waals surface area contributed by atoms with Crippen LogP contribution in [0.1, 0.15) is 15.9 Å². The van der Waals surface area contributed by atoms with Gasteiger partial charge in [-0.1, -0.05) is 6.07 Å². The molecule has 6 heteroatoms. The van der Waals surface area contributed by atoms with Crippen molar-refractivity contribution in [3.05, 3.63) is 47.8 Å². The van der Waals surface area contributed by atoms with Crippen LogP contribution in [0.25, 0.3) is 17.2 Å². The lowest BCUT2D eigenvalue weighted by atomic mass is 10.2. The molecule has 0 saturated carbocycles. The molecule has 0 aliphatic carbocycles. The standard InChI is InChI=1S/C13H10N4O2/c1-8-3-2-6-14-11(8)12-16-15-10-5-4-9(13(18)19)7-17(10)12/h2-7H,1H3,(H,18,19). The summed E-state index contributed by atoms with van der Waals surface area (Å²) in [5, 5.41) is 17.1. The molecule has 1 N–H and O–H groups in total. The first-order valence-electron chi connectivity index (χ1n) is 5.67. The highest BCUT2D eigenvalue weighted by molar-refractivity contribution is 5.87. The highest BCUT2D eigenvalue weighted by Gasteiger charge is 2.13. The molecule has 0 fully saturated rings. The Labute approximate surface area is 108 Å². The normalized spacial score (nSPS) is 10.8. The number of rotatable bonds is 2. The number of hydrogen-bond acceptors (Lipinski definition) is 4. The molecular formula is C13H10N4O2. The molecule has 3 heterocycles. The lowest BCUT2D eigenvalue weighted by Crippen LogP contribution is -2.00. The number of nitrogens with zero attached hydrogens (tertiary/aromatic N) is 4. The van der Waals surface area contributed by atoms with Crippen molar-refractivity contribution in [3.63, 3.8) is 0 Å². The van der Waals surface area contributed by atoms with Gasteiger partial charge in [0.15, 0.2) is 11.5 Å². The zero-order chi connectivity index (χ0) is 13.4. The minimum Gasteiger partial charge on any atom is -0.478 e. The van der Waals surface area contributed by atoms with E-state index in [2.05, 4.69) is 15.2 Å². The molecule has 3 rings (SSSR count). The fourth-order valence-electron chi connectivity index (χ4n) is 1.90. The number of carbonyl (C=O) groups is 1. The van der Waals surface area contributed by atoms with Crippen LogP contribution in [0.4, 0.5) is 0 Å². The first-order valence-corrected chi connectivity index (χ1v) is 5.67. The summed E-state index contributed by atoms with van der Waals surface area (Å²) >= 11 is 0. The highest BCUT2D eigenvalue weighted by atomic mass is 16.4. The lowest BCUT2D eigenvalue weighted by Gasteiger charge is -2.03. The predicted molar refractivity (Wildman–Crippen MR) is 67.9 cm³/mol. The Hall–Kier alpha value is -2.76. The van der Waals surface area contributed by atoms with Crippen molar-refractivity contribution in [2.45, 2.75) is 6.92 Å². The van der Waals surface area contributed by atoms with E-state index in [9.17, 15) is 4.79 Å². The Bertz CT molecular complexity index is 779. The third kappa shape index (κ3) is 1.83. The molecule has 0 saturated heterocycles. The van der Waals surface area contributed by atoms with Crippen molar-refractivity contribution in [2.75, 3.05) is 0 Å². The number of hydrogen-bond donors (Lipinski definition) is 1. The Balaban J connectivity index is 2.27. The number of carboxylic acids is 1. The molecule has 94 valence electrons. The van der Waals surface area contributed by atoms with Crippen molar-refractivity contribution in [2.24, 2.45) is 0 Å². The first-order chi connectivity index (χ1) is 9.16. The van der Waals surface area contributed by atoms with E-state index in [1.165, 1.54) is 12.3 Å². The molecule has 0 aliphatic heterocycles. The zero-order valence-corrected chi connectivity index (χ0v) is 10.1. The van der Waals surface area contributed by atoms with Gasteiger partial charge in [-0.25, -0.2) is 4.79 Å². The van der Waals surface area contributed by atoms with Crippen molar-refractivity contribution in [1.29, 1.82) is 0 Å². The average molecular weight is 254 g/mol. The van der Waals surface area contributed by atoms with Gasteiger partial charge in [-0.3, -0.25) is 9.38 Å². The van der Waals surface area contributed by atoms with Crippen LogP contribution < -0.4 is 0 Å². The molecule has 0 radical (unpaired) electrons. The van der Waals surface area contributed by atoms with Crippen LogP contribution in [0.3, 0.4) is 0 Å². The molecule has 0 amide bonds. The predicted octanol–water partition coefficient (Wildman–Crippen LogP) is 1.80. The van der Waals surface area contributed by atoms with E-state index in [1.807, 2.05) is 19.1 Å². The summed E-state index contributed by atoms with van der Waals surface area (Å²) in [5.74, 6) is -0.449. The minimum atomic E-state index is -0.987. The summed E-state index contributed by atoms with van der Waals surface area (Å²) in [7, 11) is 0. The van der Waals surface area contributed by atoms with E-state index in [0.717, 1.165) is 5.56 Å². The van der Waals surface area contributed by atoms with E-state index in [-0.39, 0.29) is 5.56 Å². The Kier molecular flexibility index (Phi) is 2.49. The number of aromatic carboxylic acids is 1. The molecule has 19 heavy (non-hydrogen) atoms. The van der Waals surface area contributed by atoms with E-state index < -0.39 is 5.97 Å². The highest BCUT2D eigenvalue weighted by Crippen LogP contribution is 2.19. The smallest absolute Gasteiger partial charge is 0.337 e. The SMILES string of the molecule is Cc1cccnc1-c1nnc2ccc(C(=O)O)cn12. The van der Waals surface area contributed by atoms with Crippen LogP contribution in [-0.2, 0) is 0 Å². The maximum atomic E-state index is 11.0. The van der Waals surface area contributed by atoms with Gasteiger partial charge in [0.1, 0.15) is 5.69 Å². The number of aryl methyl sites for hydroxylation is 1. The van der Waals surface area contributed by atoms with Crippen LogP contribution in [0.2, 0.25) is 0 Å². The van der Waals surface area contributed by atoms with E-state index in [0.29, 0.717) is 17.2 Å². The number of fused-ring (bicyclic) bond motifs is 1. The molecule has 3 aromatic rings. The van der Waals surface area contributed by atoms with Crippen LogP contribution in [0.5, 0.6) is 0 Å². The maximum Gasteiger partial charge on any atom is 0.337 e. The van der Waals surface area contributed by atoms with Crippen LogP contribution >= 0.6 is 0 Å². The summed E-state index contributed by atoms with van der Waals surface area (Å²) in [6.07, 6.45) is 3.17.